The first-order valence-electron chi connectivity index (χ1n) is 8.64. The predicted octanol–water partition coefficient (Wildman–Crippen LogP) is 3.88. The average Bonchev–Trinajstić information content (AvgIpc) is 3.12. The van der Waals surface area contributed by atoms with E-state index in [-0.39, 0.29) is 5.78 Å². The van der Waals surface area contributed by atoms with Crippen molar-refractivity contribution in [3.63, 3.8) is 0 Å². The molecule has 6 heteroatoms. The van der Waals surface area contributed by atoms with Gasteiger partial charge in [0, 0.05) is 28.8 Å². The van der Waals surface area contributed by atoms with E-state index in [9.17, 15) is 9.59 Å². The number of benzene rings is 1. The number of aromatic nitrogens is 2. The molecule has 1 atom stereocenters. The lowest BCUT2D eigenvalue weighted by Gasteiger charge is -2.07. The molecule has 0 amide bonds. The second-order valence-electron chi connectivity index (χ2n) is 6.45. The van der Waals surface area contributed by atoms with Gasteiger partial charge in [0.1, 0.15) is 0 Å². The number of aryl methyl sites for hydroxylation is 1. The van der Waals surface area contributed by atoms with E-state index in [1.54, 1.807) is 6.08 Å². The van der Waals surface area contributed by atoms with Crippen LogP contribution in [0.2, 0.25) is 5.02 Å². The van der Waals surface area contributed by atoms with Gasteiger partial charge in [0.25, 0.3) is 0 Å². The van der Waals surface area contributed by atoms with E-state index in [2.05, 4.69) is 5.10 Å². The number of ketones is 1. The molecule has 0 radical (unpaired) electrons. The Bertz CT molecular complexity index is 870. The number of ether oxygens (including phenoxy) is 1. The van der Waals surface area contributed by atoms with E-state index in [0.717, 1.165) is 28.9 Å². The quantitative estimate of drug-likeness (QED) is 0.590. The van der Waals surface area contributed by atoms with Gasteiger partial charge in [-0.2, -0.15) is 5.10 Å². The Balaban J connectivity index is 1.72. The summed E-state index contributed by atoms with van der Waals surface area (Å²) >= 11 is 6.22. The highest BCUT2D eigenvalue weighted by Crippen LogP contribution is 2.21. The zero-order chi connectivity index (χ0) is 18.7. The Kier molecular flexibility index (Phi) is 5.57. The molecule has 3 rings (SSSR count). The zero-order valence-electron chi connectivity index (χ0n) is 14.9. The van der Waals surface area contributed by atoms with Gasteiger partial charge in [-0.1, -0.05) is 29.8 Å². The molecular weight excluding hydrogens is 352 g/mol. The highest BCUT2D eigenvalue weighted by Gasteiger charge is 2.27. The number of nitrogens with zero attached hydrogens (tertiary/aromatic N) is 2. The average molecular weight is 373 g/mol. The number of carbonyl (C=O) groups excluding carboxylic acids is 2. The van der Waals surface area contributed by atoms with Crippen LogP contribution in [0.25, 0.3) is 6.08 Å². The number of rotatable bonds is 5. The summed E-state index contributed by atoms with van der Waals surface area (Å²) < 4.78 is 7.09. The summed E-state index contributed by atoms with van der Waals surface area (Å²) in [6.45, 7) is 4.39. The van der Waals surface area contributed by atoms with E-state index in [4.69, 9.17) is 16.3 Å². The van der Waals surface area contributed by atoms with Crippen molar-refractivity contribution in [1.82, 2.24) is 9.78 Å². The SMILES string of the molecule is Cc1nn(Cc2ccccc2Cl)c(C)c1/C=C/C(=O)OC1CCCC1=O. The molecule has 0 spiro atoms. The molecule has 1 fully saturated rings. The maximum absolute atomic E-state index is 12.0. The van der Waals surface area contributed by atoms with Gasteiger partial charge in [-0.3, -0.25) is 9.48 Å². The number of esters is 1. The molecule has 5 nitrogen and oxygen atoms in total. The van der Waals surface area contributed by atoms with Gasteiger partial charge < -0.3 is 4.74 Å². The fraction of sp³-hybridized carbons (Fsp3) is 0.350. The van der Waals surface area contributed by atoms with Crippen molar-refractivity contribution in [3.05, 3.63) is 57.9 Å². The van der Waals surface area contributed by atoms with Crippen LogP contribution < -0.4 is 0 Å². The monoisotopic (exact) mass is 372 g/mol. The normalized spacial score (nSPS) is 17.2. The summed E-state index contributed by atoms with van der Waals surface area (Å²) in [6, 6.07) is 7.64. The molecule has 1 unspecified atom stereocenters. The number of hydrogen-bond donors (Lipinski definition) is 0. The van der Waals surface area contributed by atoms with Crippen LogP contribution in [-0.2, 0) is 20.9 Å². The number of carbonyl (C=O) groups is 2. The van der Waals surface area contributed by atoms with Crippen LogP contribution in [0, 0.1) is 13.8 Å². The topological polar surface area (TPSA) is 61.2 Å². The van der Waals surface area contributed by atoms with Crippen molar-refractivity contribution in [2.45, 2.75) is 45.8 Å². The summed E-state index contributed by atoms with van der Waals surface area (Å²) in [4.78, 5) is 23.5. The fourth-order valence-electron chi connectivity index (χ4n) is 3.13. The molecular formula is C20H21ClN2O3. The lowest BCUT2D eigenvalue weighted by atomic mass is 10.1. The molecule has 1 saturated carbocycles. The third-order valence-electron chi connectivity index (χ3n) is 4.61. The van der Waals surface area contributed by atoms with Gasteiger partial charge in [-0.25, -0.2) is 4.79 Å². The van der Waals surface area contributed by atoms with E-state index in [1.807, 2.05) is 42.8 Å². The molecule has 0 N–H and O–H groups in total. The summed E-state index contributed by atoms with van der Waals surface area (Å²) in [5.74, 6) is -0.491. The Morgan fingerprint density at radius 3 is 2.85 bits per heavy atom. The summed E-state index contributed by atoms with van der Waals surface area (Å²) in [6.07, 6.45) is 4.37. The van der Waals surface area contributed by atoms with Crippen molar-refractivity contribution in [2.75, 3.05) is 0 Å². The van der Waals surface area contributed by atoms with Gasteiger partial charge in [-0.05, 0) is 44.4 Å². The van der Waals surface area contributed by atoms with E-state index >= 15 is 0 Å². The van der Waals surface area contributed by atoms with Crippen LogP contribution in [0.5, 0.6) is 0 Å². The minimum atomic E-state index is -0.586. The Hall–Kier alpha value is -2.40. The highest BCUT2D eigenvalue weighted by atomic mass is 35.5. The first kappa shape index (κ1) is 18.4. The summed E-state index contributed by atoms with van der Waals surface area (Å²) in [5, 5.41) is 5.24. The van der Waals surface area contributed by atoms with Gasteiger partial charge in [-0.15, -0.1) is 0 Å². The fourth-order valence-corrected chi connectivity index (χ4v) is 3.33. The summed E-state index contributed by atoms with van der Waals surface area (Å²) in [7, 11) is 0. The van der Waals surface area contributed by atoms with Crippen molar-refractivity contribution in [3.8, 4) is 0 Å². The standard InChI is InChI=1S/C20H21ClN2O3/c1-13-16(10-11-20(25)26-19-9-5-8-18(19)24)14(2)23(22-13)12-15-6-3-4-7-17(15)21/h3-4,6-7,10-11,19H,5,8-9,12H2,1-2H3/b11-10+. The minimum absolute atomic E-state index is 0.00618. The van der Waals surface area contributed by atoms with Crippen molar-refractivity contribution < 1.29 is 14.3 Å². The largest absolute Gasteiger partial charge is 0.451 e. The molecule has 1 aliphatic carbocycles. The highest BCUT2D eigenvalue weighted by molar-refractivity contribution is 6.31. The molecule has 0 aliphatic heterocycles. The number of Topliss-reactive ketones (excluding diaryl/α,β-unsaturated/α-hetero) is 1. The van der Waals surface area contributed by atoms with Crippen LogP contribution >= 0.6 is 11.6 Å². The van der Waals surface area contributed by atoms with Crippen LogP contribution in [0.15, 0.2) is 30.3 Å². The molecule has 2 aromatic rings. The van der Waals surface area contributed by atoms with Crippen LogP contribution in [0.3, 0.4) is 0 Å². The molecule has 1 aliphatic rings. The van der Waals surface area contributed by atoms with Crippen molar-refractivity contribution >= 4 is 29.4 Å². The van der Waals surface area contributed by atoms with Crippen LogP contribution in [0.1, 0.15) is 41.8 Å². The third kappa shape index (κ3) is 4.05. The van der Waals surface area contributed by atoms with Gasteiger partial charge in [0.15, 0.2) is 11.9 Å². The van der Waals surface area contributed by atoms with Crippen LogP contribution in [0.4, 0.5) is 0 Å². The Labute approximate surface area is 157 Å². The number of halogens is 1. The smallest absolute Gasteiger partial charge is 0.331 e. The lowest BCUT2D eigenvalue weighted by Crippen LogP contribution is -2.20. The molecule has 1 aromatic heterocycles. The third-order valence-corrected chi connectivity index (χ3v) is 4.98. The van der Waals surface area contributed by atoms with Gasteiger partial charge >= 0.3 is 5.97 Å². The van der Waals surface area contributed by atoms with Gasteiger partial charge in [0.2, 0.25) is 0 Å². The Morgan fingerprint density at radius 1 is 1.38 bits per heavy atom. The van der Waals surface area contributed by atoms with E-state index in [0.29, 0.717) is 24.4 Å². The molecule has 136 valence electrons. The number of hydrogen-bond acceptors (Lipinski definition) is 4. The van der Waals surface area contributed by atoms with E-state index < -0.39 is 12.1 Å². The zero-order valence-corrected chi connectivity index (χ0v) is 15.6. The van der Waals surface area contributed by atoms with Crippen LogP contribution in [-0.4, -0.2) is 27.6 Å². The molecule has 26 heavy (non-hydrogen) atoms. The van der Waals surface area contributed by atoms with E-state index in [1.165, 1.54) is 6.08 Å². The lowest BCUT2D eigenvalue weighted by molar-refractivity contribution is -0.148. The summed E-state index contributed by atoms with van der Waals surface area (Å²) in [5.41, 5.74) is 3.60. The van der Waals surface area contributed by atoms with Gasteiger partial charge in [0.05, 0.1) is 12.2 Å². The first-order chi connectivity index (χ1) is 12.5. The predicted molar refractivity (Wildman–Crippen MR) is 100 cm³/mol. The maximum atomic E-state index is 12.0. The van der Waals surface area contributed by atoms with Crippen molar-refractivity contribution in [1.29, 1.82) is 0 Å². The van der Waals surface area contributed by atoms with Crippen molar-refractivity contribution in [2.24, 2.45) is 0 Å². The minimum Gasteiger partial charge on any atom is -0.451 e. The Morgan fingerprint density at radius 2 is 2.15 bits per heavy atom. The molecule has 0 saturated heterocycles. The maximum Gasteiger partial charge on any atom is 0.331 e. The second-order valence-corrected chi connectivity index (χ2v) is 6.86. The molecule has 0 bridgehead atoms. The molecule has 1 aromatic carbocycles. The second kappa shape index (κ2) is 7.87. The molecule has 1 heterocycles. The first-order valence-corrected chi connectivity index (χ1v) is 9.02.